The number of benzene rings is 8. The first-order valence-electron chi connectivity index (χ1n) is 17.2. The Labute approximate surface area is 292 Å². The summed E-state index contributed by atoms with van der Waals surface area (Å²) in [5, 5.41) is 10.7. The quantitative estimate of drug-likeness (QED) is 0.179. The zero-order valence-corrected chi connectivity index (χ0v) is 27.3. The molecular weight excluding hydrogens is 623 g/mol. The molecule has 5 nitrogen and oxygen atoms in total. The summed E-state index contributed by atoms with van der Waals surface area (Å²) in [4.78, 5) is 20.8. The number of para-hydroxylation sites is 3. The Bertz CT molecular complexity index is 3160. The maximum Gasteiger partial charge on any atom is 0.166 e. The Morgan fingerprint density at radius 3 is 1.59 bits per heavy atom. The van der Waals surface area contributed by atoms with Gasteiger partial charge < -0.3 is 0 Å². The predicted octanol–water partition coefficient (Wildman–Crippen LogP) is 11.4. The SMILES string of the molecule is c1ccc(-c2nc(-c3ccc4c5ccccc5c5ccccc5c4c3)nc(-c3cccc4c5ccccc5c5nc6ccccc6n5c34)n2)cc1. The first kappa shape index (κ1) is 27.9. The van der Waals surface area contributed by atoms with E-state index in [0.29, 0.717) is 17.5 Å². The summed E-state index contributed by atoms with van der Waals surface area (Å²) >= 11 is 0. The second-order valence-electron chi connectivity index (χ2n) is 13.0. The Hall–Kier alpha value is -6.98. The summed E-state index contributed by atoms with van der Waals surface area (Å²) in [6.45, 7) is 0. The number of imidazole rings is 1. The zero-order valence-electron chi connectivity index (χ0n) is 27.3. The number of fused-ring (bicyclic) bond motifs is 14. The lowest BCUT2D eigenvalue weighted by molar-refractivity contribution is 1.07. The van der Waals surface area contributed by atoms with Gasteiger partial charge in [-0.3, -0.25) is 4.40 Å². The van der Waals surface area contributed by atoms with Crippen molar-refractivity contribution in [1.82, 2.24) is 24.3 Å². The van der Waals surface area contributed by atoms with Crippen LogP contribution < -0.4 is 0 Å². The average Bonchev–Trinajstić information content (AvgIpc) is 3.61. The Kier molecular flexibility index (Phi) is 5.89. The van der Waals surface area contributed by atoms with E-state index < -0.39 is 0 Å². The van der Waals surface area contributed by atoms with Crippen LogP contribution in [0.3, 0.4) is 0 Å². The summed E-state index contributed by atoms with van der Waals surface area (Å²) in [6, 6.07) is 57.3. The van der Waals surface area contributed by atoms with Crippen molar-refractivity contribution in [3.05, 3.63) is 164 Å². The molecule has 0 atom stereocenters. The van der Waals surface area contributed by atoms with Gasteiger partial charge in [0.25, 0.3) is 0 Å². The first-order valence-corrected chi connectivity index (χ1v) is 17.2. The second-order valence-corrected chi connectivity index (χ2v) is 13.0. The summed E-state index contributed by atoms with van der Waals surface area (Å²) in [5.74, 6) is 1.87. The number of rotatable bonds is 3. The van der Waals surface area contributed by atoms with Crippen molar-refractivity contribution in [3.63, 3.8) is 0 Å². The molecule has 0 amide bonds. The monoisotopic (exact) mass is 649 g/mol. The molecule has 5 heteroatoms. The molecule has 0 aliphatic carbocycles. The van der Waals surface area contributed by atoms with Crippen molar-refractivity contribution in [1.29, 1.82) is 0 Å². The van der Waals surface area contributed by atoms with Crippen molar-refractivity contribution in [3.8, 4) is 34.2 Å². The van der Waals surface area contributed by atoms with E-state index >= 15 is 0 Å². The number of hydrogen-bond donors (Lipinski definition) is 0. The van der Waals surface area contributed by atoms with Crippen molar-refractivity contribution >= 4 is 70.7 Å². The van der Waals surface area contributed by atoms with Gasteiger partial charge in [0.2, 0.25) is 0 Å². The lowest BCUT2D eigenvalue weighted by atomic mass is 9.93. The number of pyridine rings is 1. The molecule has 0 radical (unpaired) electrons. The minimum Gasteiger partial charge on any atom is -0.291 e. The predicted molar refractivity (Wildman–Crippen MR) is 210 cm³/mol. The minimum atomic E-state index is 0.613. The molecule has 3 heterocycles. The molecule has 0 saturated heterocycles. The van der Waals surface area contributed by atoms with Gasteiger partial charge in [0.05, 0.1) is 16.6 Å². The third kappa shape index (κ3) is 4.15. The fraction of sp³-hybridized carbons (Fsp3) is 0. The number of hydrogen-bond acceptors (Lipinski definition) is 4. The van der Waals surface area contributed by atoms with Crippen molar-refractivity contribution in [2.24, 2.45) is 0 Å². The van der Waals surface area contributed by atoms with Gasteiger partial charge in [-0.25, -0.2) is 19.9 Å². The van der Waals surface area contributed by atoms with E-state index in [0.717, 1.165) is 55.0 Å². The third-order valence-corrected chi connectivity index (χ3v) is 10.2. The molecule has 0 aliphatic rings. The average molecular weight is 650 g/mol. The maximum absolute atomic E-state index is 5.29. The van der Waals surface area contributed by atoms with Gasteiger partial charge in [-0.2, -0.15) is 0 Å². The van der Waals surface area contributed by atoms with Crippen LogP contribution in [-0.4, -0.2) is 24.3 Å². The van der Waals surface area contributed by atoms with E-state index in [9.17, 15) is 0 Å². The highest BCUT2D eigenvalue weighted by Crippen LogP contribution is 2.39. The standard InChI is InChI=1S/C46H27N5/c1-2-13-28(14-3-1)43-48-44(29-25-26-35-32-17-5-4-15-30(32)31-16-6-7-18-33(31)39(35)27-29)50-45(49-43)38-22-12-21-36-34-19-8-9-20-37(34)46-47-40-23-10-11-24-41(40)51(46)42(36)38/h1-27H. The van der Waals surface area contributed by atoms with Crippen LogP contribution >= 0.6 is 0 Å². The van der Waals surface area contributed by atoms with Crippen LogP contribution in [0.1, 0.15) is 0 Å². The second kappa shape index (κ2) is 10.8. The summed E-state index contributed by atoms with van der Waals surface area (Å²) in [6.07, 6.45) is 0. The van der Waals surface area contributed by atoms with E-state index in [1.54, 1.807) is 0 Å². The molecule has 51 heavy (non-hydrogen) atoms. The highest BCUT2D eigenvalue weighted by Gasteiger charge is 2.20. The Morgan fingerprint density at radius 1 is 0.333 bits per heavy atom. The fourth-order valence-corrected chi connectivity index (χ4v) is 7.92. The molecule has 0 fully saturated rings. The van der Waals surface area contributed by atoms with Gasteiger partial charge in [0.15, 0.2) is 17.5 Å². The van der Waals surface area contributed by atoms with Crippen LogP contribution in [0.25, 0.3) is 105 Å². The molecule has 0 N–H and O–H groups in total. The first-order chi connectivity index (χ1) is 25.3. The molecule has 8 aromatic carbocycles. The maximum atomic E-state index is 5.29. The third-order valence-electron chi connectivity index (χ3n) is 10.2. The van der Waals surface area contributed by atoms with Gasteiger partial charge in [0, 0.05) is 27.5 Å². The Morgan fingerprint density at radius 2 is 0.863 bits per heavy atom. The topological polar surface area (TPSA) is 56.0 Å². The molecule has 11 aromatic rings. The van der Waals surface area contributed by atoms with E-state index in [1.165, 1.54) is 32.3 Å². The van der Waals surface area contributed by atoms with Gasteiger partial charge in [-0.05, 0) is 62.0 Å². The Balaban J connectivity index is 1.24. The molecule has 0 aliphatic heterocycles. The number of nitrogens with zero attached hydrogens (tertiary/aromatic N) is 5. The number of aromatic nitrogens is 5. The molecule has 11 rings (SSSR count). The summed E-state index contributed by atoms with van der Waals surface area (Å²) in [7, 11) is 0. The van der Waals surface area contributed by atoms with Crippen molar-refractivity contribution in [2.45, 2.75) is 0 Å². The van der Waals surface area contributed by atoms with E-state index in [2.05, 4.69) is 144 Å². The summed E-state index contributed by atoms with van der Waals surface area (Å²) in [5.41, 5.74) is 6.72. The molecule has 0 saturated carbocycles. The van der Waals surface area contributed by atoms with Crippen LogP contribution in [0.4, 0.5) is 0 Å². The molecule has 0 spiro atoms. The highest BCUT2D eigenvalue weighted by molar-refractivity contribution is 6.25. The van der Waals surface area contributed by atoms with Crippen LogP contribution in [0.5, 0.6) is 0 Å². The normalized spacial score (nSPS) is 11.9. The van der Waals surface area contributed by atoms with Crippen LogP contribution in [0.15, 0.2) is 164 Å². The van der Waals surface area contributed by atoms with Crippen LogP contribution in [0, 0.1) is 0 Å². The van der Waals surface area contributed by atoms with Crippen LogP contribution in [-0.2, 0) is 0 Å². The van der Waals surface area contributed by atoms with Gasteiger partial charge in [-0.15, -0.1) is 0 Å². The van der Waals surface area contributed by atoms with E-state index in [1.807, 2.05) is 24.3 Å². The lowest BCUT2D eigenvalue weighted by Crippen LogP contribution is -2.02. The van der Waals surface area contributed by atoms with Crippen LogP contribution in [0.2, 0.25) is 0 Å². The molecule has 236 valence electrons. The largest absolute Gasteiger partial charge is 0.291 e. The van der Waals surface area contributed by atoms with Gasteiger partial charge in [-0.1, -0.05) is 140 Å². The smallest absolute Gasteiger partial charge is 0.166 e. The van der Waals surface area contributed by atoms with Crippen molar-refractivity contribution in [2.75, 3.05) is 0 Å². The lowest BCUT2D eigenvalue weighted by Gasteiger charge is -2.14. The molecule has 0 bridgehead atoms. The fourth-order valence-electron chi connectivity index (χ4n) is 7.92. The molecule has 0 unspecified atom stereocenters. The molecular formula is C46H27N5. The van der Waals surface area contributed by atoms with Gasteiger partial charge >= 0.3 is 0 Å². The highest BCUT2D eigenvalue weighted by atomic mass is 15.1. The molecule has 3 aromatic heterocycles. The van der Waals surface area contributed by atoms with E-state index in [4.69, 9.17) is 19.9 Å². The van der Waals surface area contributed by atoms with Crippen molar-refractivity contribution < 1.29 is 0 Å². The van der Waals surface area contributed by atoms with E-state index in [-0.39, 0.29) is 0 Å². The minimum absolute atomic E-state index is 0.613. The zero-order chi connectivity index (χ0) is 33.5. The summed E-state index contributed by atoms with van der Waals surface area (Å²) < 4.78 is 2.28. The van der Waals surface area contributed by atoms with Gasteiger partial charge in [0.1, 0.15) is 5.65 Å².